The first-order valence-corrected chi connectivity index (χ1v) is 8.48. The topological polar surface area (TPSA) is 111 Å². The Bertz CT molecular complexity index is 843. The second kappa shape index (κ2) is 7.68. The number of hydrogen-bond acceptors (Lipinski definition) is 5. The van der Waals surface area contributed by atoms with Crippen LogP contribution in [0.5, 0.6) is 0 Å². The van der Waals surface area contributed by atoms with Gasteiger partial charge in [-0.3, -0.25) is 4.98 Å². The number of aromatic carboxylic acids is 1. The van der Waals surface area contributed by atoms with Crippen LogP contribution in [0.4, 0.5) is 0 Å². The Morgan fingerprint density at radius 3 is 2.50 bits per heavy atom. The van der Waals surface area contributed by atoms with E-state index in [9.17, 15) is 13.2 Å². The molecule has 0 saturated heterocycles. The number of carbonyl (C=O) groups is 1. The van der Waals surface area contributed by atoms with E-state index in [1.807, 2.05) is 6.07 Å². The van der Waals surface area contributed by atoms with Crippen molar-refractivity contribution in [3.05, 3.63) is 59.9 Å². The number of aromatic nitrogens is 1. The van der Waals surface area contributed by atoms with Gasteiger partial charge in [0.15, 0.2) is 0 Å². The Morgan fingerprint density at radius 1 is 1.25 bits per heavy atom. The summed E-state index contributed by atoms with van der Waals surface area (Å²) in [7, 11) is -3.85. The van der Waals surface area contributed by atoms with E-state index >= 15 is 0 Å². The number of nitriles is 1. The van der Waals surface area contributed by atoms with E-state index in [2.05, 4.69) is 4.98 Å². The highest BCUT2D eigenvalue weighted by atomic mass is 32.2. The highest BCUT2D eigenvalue weighted by molar-refractivity contribution is 7.89. The molecule has 0 atom stereocenters. The second-order valence-corrected chi connectivity index (χ2v) is 6.88. The molecule has 0 aliphatic heterocycles. The van der Waals surface area contributed by atoms with Gasteiger partial charge in [0.05, 0.1) is 16.5 Å². The molecule has 0 bridgehead atoms. The van der Waals surface area contributed by atoms with Crippen LogP contribution in [0.25, 0.3) is 0 Å². The molecule has 0 unspecified atom stereocenters. The minimum Gasteiger partial charge on any atom is -0.478 e. The number of sulfonamides is 1. The molecule has 0 saturated carbocycles. The number of benzene rings is 1. The zero-order valence-electron chi connectivity index (χ0n) is 12.7. The summed E-state index contributed by atoms with van der Waals surface area (Å²) in [6.07, 6.45) is 3.19. The molecule has 0 amide bonds. The van der Waals surface area contributed by atoms with Crippen LogP contribution in [0.3, 0.4) is 0 Å². The van der Waals surface area contributed by atoms with Crippen molar-refractivity contribution in [3.63, 3.8) is 0 Å². The first kappa shape index (κ1) is 17.6. The van der Waals surface area contributed by atoms with E-state index in [-0.39, 0.29) is 30.0 Å². The van der Waals surface area contributed by atoms with Crippen LogP contribution in [0.15, 0.2) is 53.7 Å². The largest absolute Gasteiger partial charge is 0.478 e. The maximum atomic E-state index is 12.8. The standard InChI is InChI=1S/C16H15N3O4S/c17-8-2-10-19(12-13-3-1-9-18-11-13)24(22,23)15-6-4-14(5-7-15)16(20)21/h1,3-7,9,11H,2,10,12H2,(H,20,21). The first-order chi connectivity index (χ1) is 11.4. The van der Waals surface area contributed by atoms with Gasteiger partial charge in [-0.15, -0.1) is 0 Å². The smallest absolute Gasteiger partial charge is 0.335 e. The zero-order valence-corrected chi connectivity index (χ0v) is 13.5. The van der Waals surface area contributed by atoms with Gasteiger partial charge in [0.25, 0.3) is 0 Å². The number of rotatable bonds is 7. The van der Waals surface area contributed by atoms with Crippen LogP contribution in [0.1, 0.15) is 22.3 Å². The van der Waals surface area contributed by atoms with Crippen LogP contribution in [-0.4, -0.2) is 35.3 Å². The van der Waals surface area contributed by atoms with Crippen LogP contribution in [-0.2, 0) is 16.6 Å². The van der Waals surface area contributed by atoms with Gasteiger partial charge in [0.2, 0.25) is 10.0 Å². The SMILES string of the molecule is N#CCCN(Cc1cccnc1)S(=O)(=O)c1ccc(C(=O)O)cc1. The Kier molecular flexibility index (Phi) is 5.63. The molecular weight excluding hydrogens is 330 g/mol. The number of carboxylic acid groups (broad SMARTS) is 1. The van der Waals surface area contributed by atoms with E-state index in [0.717, 1.165) is 0 Å². The van der Waals surface area contributed by atoms with E-state index in [1.165, 1.54) is 28.6 Å². The molecule has 8 heteroatoms. The van der Waals surface area contributed by atoms with Crippen molar-refractivity contribution in [3.8, 4) is 6.07 Å². The molecule has 0 fully saturated rings. The van der Waals surface area contributed by atoms with Crippen molar-refractivity contribution in [2.45, 2.75) is 17.9 Å². The predicted molar refractivity (Wildman–Crippen MR) is 85.5 cm³/mol. The highest BCUT2D eigenvalue weighted by Crippen LogP contribution is 2.19. The average molecular weight is 345 g/mol. The van der Waals surface area contributed by atoms with Gasteiger partial charge in [-0.1, -0.05) is 6.07 Å². The van der Waals surface area contributed by atoms with Gasteiger partial charge in [-0.2, -0.15) is 9.57 Å². The summed E-state index contributed by atoms with van der Waals surface area (Å²) in [6, 6.07) is 10.4. The fraction of sp³-hybridized carbons (Fsp3) is 0.188. The highest BCUT2D eigenvalue weighted by Gasteiger charge is 2.24. The molecule has 24 heavy (non-hydrogen) atoms. The molecule has 1 heterocycles. The van der Waals surface area contributed by atoms with Gasteiger partial charge in [-0.25, -0.2) is 13.2 Å². The molecule has 1 N–H and O–H groups in total. The Hall–Kier alpha value is -2.76. The number of carboxylic acids is 1. The molecule has 0 aliphatic rings. The molecule has 1 aromatic carbocycles. The predicted octanol–water partition coefficient (Wildman–Crippen LogP) is 1.88. The molecule has 7 nitrogen and oxygen atoms in total. The van der Waals surface area contributed by atoms with E-state index in [1.54, 1.807) is 24.5 Å². The number of hydrogen-bond donors (Lipinski definition) is 1. The van der Waals surface area contributed by atoms with Crippen molar-refractivity contribution >= 4 is 16.0 Å². The average Bonchev–Trinajstić information content (AvgIpc) is 2.59. The quantitative estimate of drug-likeness (QED) is 0.820. The van der Waals surface area contributed by atoms with Gasteiger partial charge in [0, 0.05) is 31.9 Å². The molecule has 0 spiro atoms. The molecular formula is C16H15N3O4S. The lowest BCUT2D eigenvalue weighted by Crippen LogP contribution is -2.31. The van der Waals surface area contributed by atoms with Gasteiger partial charge >= 0.3 is 5.97 Å². The van der Waals surface area contributed by atoms with Gasteiger partial charge < -0.3 is 5.11 Å². The third-order valence-corrected chi connectivity index (χ3v) is 5.15. The third kappa shape index (κ3) is 4.16. The number of pyridine rings is 1. The van der Waals surface area contributed by atoms with Crippen LogP contribution >= 0.6 is 0 Å². The van der Waals surface area contributed by atoms with E-state index in [4.69, 9.17) is 10.4 Å². The monoisotopic (exact) mass is 345 g/mol. The third-order valence-electron chi connectivity index (χ3n) is 3.29. The summed E-state index contributed by atoms with van der Waals surface area (Å²) >= 11 is 0. The van der Waals surface area contributed by atoms with Crippen LogP contribution in [0.2, 0.25) is 0 Å². The summed E-state index contributed by atoms with van der Waals surface area (Å²) < 4.78 is 26.7. The van der Waals surface area contributed by atoms with Crippen molar-refractivity contribution in [2.75, 3.05) is 6.54 Å². The Balaban J connectivity index is 2.32. The summed E-state index contributed by atoms with van der Waals surface area (Å²) in [5.41, 5.74) is 0.700. The van der Waals surface area contributed by atoms with E-state index < -0.39 is 16.0 Å². The molecule has 2 aromatic rings. The summed E-state index contributed by atoms with van der Waals surface area (Å²) in [4.78, 5) is 14.8. The van der Waals surface area contributed by atoms with E-state index in [0.29, 0.717) is 5.56 Å². The lowest BCUT2D eigenvalue weighted by Gasteiger charge is -2.21. The minimum absolute atomic E-state index is 0.00443. The fourth-order valence-electron chi connectivity index (χ4n) is 2.07. The number of nitrogens with zero attached hydrogens (tertiary/aromatic N) is 3. The lowest BCUT2D eigenvalue weighted by molar-refractivity contribution is 0.0696. The van der Waals surface area contributed by atoms with Gasteiger partial charge in [-0.05, 0) is 35.9 Å². The second-order valence-electron chi connectivity index (χ2n) is 4.94. The zero-order chi connectivity index (χ0) is 17.6. The molecule has 2 rings (SSSR count). The minimum atomic E-state index is -3.85. The first-order valence-electron chi connectivity index (χ1n) is 7.04. The van der Waals surface area contributed by atoms with Gasteiger partial charge in [0.1, 0.15) is 0 Å². The normalized spacial score (nSPS) is 11.2. The fourth-order valence-corrected chi connectivity index (χ4v) is 3.50. The molecule has 0 radical (unpaired) electrons. The molecule has 124 valence electrons. The summed E-state index contributed by atoms with van der Waals surface area (Å²) in [5.74, 6) is -1.13. The van der Waals surface area contributed by atoms with Crippen molar-refractivity contribution < 1.29 is 18.3 Å². The van der Waals surface area contributed by atoms with Crippen molar-refractivity contribution in [2.24, 2.45) is 0 Å². The van der Waals surface area contributed by atoms with Crippen LogP contribution in [0, 0.1) is 11.3 Å². The van der Waals surface area contributed by atoms with Crippen molar-refractivity contribution in [1.82, 2.24) is 9.29 Å². The van der Waals surface area contributed by atoms with Crippen LogP contribution < -0.4 is 0 Å². The maximum absolute atomic E-state index is 12.8. The Morgan fingerprint density at radius 2 is 1.96 bits per heavy atom. The van der Waals surface area contributed by atoms with Crippen molar-refractivity contribution in [1.29, 1.82) is 5.26 Å². The summed E-state index contributed by atoms with van der Waals surface area (Å²) in [5, 5.41) is 17.7. The molecule has 1 aromatic heterocycles. The summed E-state index contributed by atoms with van der Waals surface area (Å²) in [6.45, 7) is 0.118. The maximum Gasteiger partial charge on any atom is 0.335 e. The molecule has 0 aliphatic carbocycles. The Labute approximate surface area is 139 Å². The lowest BCUT2D eigenvalue weighted by atomic mass is 10.2.